The molecule has 2 heterocycles. The van der Waals surface area contributed by atoms with Crippen LogP contribution in [0.2, 0.25) is 0 Å². The zero-order valence-electron chi connectivity index (χ0n) is 7.47. The summed E-state index contributed by atoms with van der Waals surface area (Å²) in [6.45, 7) is 0. The zero-order valence-corrected chi connectivity index (χ0v) is 7.47. The maximum atomic E-state index is 11.1. The van der Waals surface area contributed by atoms with Crippen molar-refractivity contribution in [3.05, 3.63) is 24.0 Å². The Hall–Kier alpha value is -2.11. The number of esters is 1. The maximum absolute atomic E-state index is 11.1. The molecule has 6 nitrogen and oxygen atoms in total. The lowest BCUT2D eigenvalue weighted by molar-refractivity contribution is 0.0593. The predicted octanol–water partition coefficient (Wildman–Crippen LogP) is 0.0981. The van der Waals surface area contributed by atoms with Crippen LogP contribution in [0.1, 0.15) is 10.5 Å². The van der Waals surface area contributed by atoms with E-state index in [9.17, 15) is 4.79 Å². The van der Waals surface area contributed by atoms with Gasteiger partial charge >= 0.3 is 5.97 Å². The average molecular weight is 192 g/mol. The molecule has 14 heavy (non-hydrogen) atoms. The van der Waals surface area contributed by atoms with Crippen molar-refractivity contribution in [2.24, 2.45) is 0 Å². The number of carbonyl (C=O) groups is 1. The summed E-state index contributed by atoms with van der Waals surface area (Å²) < 4.78 is 5.90. The Morgan fingerprint density at radius 3 is 3.07 bits per heavy atom. The van der Waals surface area contributed by atoms with Crippen LogP contribution >= 0.6 is 0 Å². The number of nitrogen functional groups attached to an aromatic ring is 1. The van der Waals surface area contributed by atoms with Crippen molar-refractivity contribution < 1.29 is 9.53 Å². The summed E-state index contributed by atoms with van der Waals surface area (Å²) in [5, 5.41) is 3.94. The van der Waals surface area contributed by atoms with Crippen molar-refractivity contribution >= 4 is 17.4 Å². The van der Waals surface area contributed by atoms with Crippen LogP contribution in [0.3, 0.4) is 0 Å². The van der Waals surface area contributed by atoms with Crippen LogP contribution in [0.15, 0.2) is 18.3 Å². The summed E-state index contributed by atoms with van der Waals surface area (Å²) in [5.74, 6) is -0.0833. The molecule has 2 rings (SSSR count). The lowest BCUT2D eigenvalue weighted by atomic mass is 10.4. The Morgan fingerprint density at radius 2 is 2.43 bits per heavy atom. The summed E-state index contributed by atoms with van der Waals surface area (Å²) in [6, 6.07) is 3.11. The van der Waals surface area contributed by atoms with Crippen LogP contribution in [-0.4, -0.2) is 27.7 Å². The molecule has 0 saturated heterocycles. The van der Waals surface area contributed by atoms with E-state index < -0.39 is 5.97 Å². The van der Waals surface area contributed by atoms with Gasteiger partial charge in [-0.3, -0.25) is 0 Å². The molecule has 0 bridgehead atoms. The van der Waals surface area contributed by atoms with Crippen molar-refractivity contribution in [1.82, 2.24) is 14.6 Å². The molecule has 0 radical (unpaired) electrons. The van der Waals surface area contributed by atoms with Crippen LogP contribution < -0.4 is 5.73 Å². The smallest absolute Gasteiger partial charge is 0.358 e. The molecule has 0 atom stereocenters. The standard InChI is InChI=1S/C8H8N4O2/c1-14-8(13)5-4-7-10-3-2-6(9)12(7)11-5/h2-4H,9H2,1H3. The number of aromatic nitrogens is 3. The van der Waals surface area contributed by atoms with Gasteiger partial charge in [0.15, 0.2) is 11.3 Å². The molecule has 0 aromatic carbocycles. The van der Waals surface area contributed by atoms with Gasteiger partial charge < -0.3 is 10.5 Å². The first-order chi connectivity index (χ1) is 6.72. The number of methoxy groups -OCH3 is 1. The van der Waals surface area contributed by atoms with E-state index >= 15 is 0 Å². The lowest BCUT2D eigenvalue weighted by Crippen LogP contribution is -2.03. The molecule has 0 fully saturated rings. The topological polar surface area (TPSA) is 82.5 Å². The maximum Gasteiger partial charge on any atom is 0.358 e. The fourth-order valence-electron chi connectivity index (χ4n) is 1.12. The quantitative estimate of drug-likeness (QED) is 0.648. The van der Waals surface area contributed by atoms with E-state index in [2.05, 4.69) is 14.8 Å². The molecule has 0 aliphatic carbocycles. The van der Waals surface area contributed by atoms with E-state index in [0.29, 0.717) is 11.5 Å². The van der Waals surface area contributed by atoms with Crippen LogP contribution in [0.5, 0.6) is 0 Å². The monoisotopic (exact) mass is 192 g/mol. The number of rotatable bonds is 1. The molecule has 0 unspecified atom stereocenters. The van der Waals surface area contributed by atoms with Crippen molar-refractivity contribution in [2.45, 2.75) is 0 Å². The van der Waals surface area contributed by atoms with Gasteiger partial charge in [0.05, 0.1) is 7.11 Å². The summed E-state index contributed by atoms with van der Waals surface area (Å²) in [5.41, 5.74) is 6.33. The van der Waals surface area contributed by atoms with E-state index in [1.807, 2.05) is 0 Å². The lowest BCUT2D eigenvalue weighted by Gasteiger charge is -1.95. The van der Waals surface area contributed by atoms with Gasteiger partial charge in [0, 0.05) is 12.3 Å². The Balaban J connectivity index is 2.62. The van der Waals surface area contributed by atoms with Gasteiger partial charge in [0.1, 0.15) is 5.82 Å². The number of carbonyl (C=O) groups excluding carboxylic acids is 1. The number of anilines is 1. The minimum atomic E-state index is -0.505. The van der Waals surface area contributed by atoms with Gasteiger partial charge in [-0.2, -0.15) is 9.61 Å². The molecular weight excluding hydrogens is 184 g/mol. The highest BCUT2D eigenvalue weighted by Crippen LogP contribution is 2.08. The number of hydrogen-bond acceptors (Lipinski definition) is 5. The first-order valence-electron chi connectivity index (χ1n) is 3.91. The number of fused-ring (bicyclic) bond motifs is 1. The molecule has 2 aromatic heterocycles. The van der Waals surface area contributed by atoms with Crippen LogP contribution in [0.25, 0.3) is 5.65 Å². The second-order valence-corrected chi connectivity index (χ2v) is 2.66. The fraction of sp³-hybridized carbons (Fsp3) is 0.125. The Bertz CT molecular complexity index is 491. The number of ether oxygens (including phenoxy) is 1. The molecule has 6 heteroatoms. The molecule has 2 N–H and O–H groups in total. The van der Waals surface area contributed by atoms with E-state index in [-0.39, 0.29) is 5.69 Å². The van der Waals surface area contributed by atoms with E-state index in [1.54, 1.807) is 12.3 Å². The van der Waals surface area contributed by atoms with E-state index in [1.165, 1.54) is 17.7 Å². The zero-order chi connectivity index (χ0) is 10.1. The number of nitrogens with two attached hydrogens (primary N) is 1. The highest BCUT2D eigenvalue weighted by Gasteiger charge is 2.11. The minimum absolute atomic E-state index is 0.193. The first kappa shape index (κ1) is 8.49. The molecule has 72 valence electrons. The normalized spacial score (nSPS) is 10.4. The summed E-state index contributed by atoms with van der Waals surface area (Å²) >= 11 is 0. The largest absolute Gasteiger partial charge is 0.464 e. The van der Waals surface area contributed by atoms with Gasteiger partial charge in [-0.15, -0.1) is 0 Å². The van der Waals surface area contributed by atoms with E-state index in [0.717, 1.165) is 0 Å². The summed E-state index contributed by atoms with van der Waals surface area (Å²) in [7, 11) is 1.29. The summed E-state index contributed by atoms with van der Waals surface area (Å²) in [4.78, 5) is 15.1. The van der Waals surface area contributed by atoms with Crippen molar-refractivity contribution in [3.8, 4) is 0 Å². The third-order valence-corrected chi connectivity index (χ3v) is 1.78. The Kier molecular flexibility index (Phi) is 1.81. The average Bonchev–Trinajstić information content (AvgIpc) is 2.62. The van der Waals surface area contributed by atoms with Crippen LogP contribution in [0.4, 0.5) is 5.82 Å². The van der Waals surface area contributed by atoms with Crippen molar-refractivity contribution in [3.63, 3.8) is 0 Å². The second-order valence-electron chi connectivity index (χ2n) is 2.66. The third kappa shape index (κ3) is 1.17. The minimum Gasteiger partial charge on any atom is -0.464 e. The highest BCUT2D eigenvalue weighted by molar-refractivity contribution is 5.88. The third-order valence-electron chi connectivity index (χ3n) is 1.78. The second kappa shape index (κ2) is 2.99. The van der Waals surface area contributed by atoms with Gasteiger partial charge in [-0.05, 0) is 6.07 Å². The van der Waals surface area contributed by atoms with Gasteiger partial charge in [0.2, 0.25) is 0 Å². The van der Waals surface area contributed by atoms with Crippen molar-refractivity contribution in [1.29, 1.82) is 0 Å². The van der Waals surface area contributed by atoms with Gasteiger partial charge in [-0.1, -0.05) is 0 Å². The molecule has 0 aliphatic heterocycles. The van der Waals surface area contributed by atoms with Gasteiger partial charge in [0.25, 0.3) is 0 Å². The van der Waals surface area contributed by atoms with E-state index in [4.69, 9.17) is 5.73 Å². The fourth-order valence-corrected chi connectivity index (χ4v) is 1.12. The first-order valence-corrected chi connectivity index (χ1v) is 3.91. The SMILES string of the molecule is COC(=O)c1cc2nccc(N)n2n1. The highest BCUT2D eigenvalue weighted by atomic mass is 16.5. The van der Waals surface area contributed by atoms with Gasteiger partial charge in [-0.25, -0.2) is 9.78 Å². The molecule has 2 aromatic rings. The van der Waals surface area contributed by atoms with Crippen LogP contribution in [0, 0.1) is 0 Å². The molecule has 0 aliphatic rings. The molecule has 0 spiro atoms. The number of hydrogen-bond donors (Lipinski definition) is 1. The molecule has 0 saturated carbocycles. The Morgan fingerprint density at radius 1 is 1.64 bits per heavy atom. The van der Waals surface area contributed by atoms with Crippen molar-refractivity contribution in [2.75, 3.05) is 12.8 Å². The predicted molar refractivity (Wildman–Crippen MR) is 48.7 cm³/mol. The van der Waals surface area contributed by atoms with Crippen LogP contribution in [-0.2, 0) is 4.74 Å². The number of nitrogens with zero attached hydrogens (tertiary/aromatic N) is 3. The molecular formula is C8H8N4O2. The summed E-state index contributed by atoms with van der Waals surface area (Å²) in [6.07, 6.45) is 1.55. The molecule has 0 amide bonds. The Labute approximate surface area is 79.3 Å².